The summed E-state index contributed by atoms with van der Waals surface area (Å²) in [5.74, 6) is 0. The first-order valence-electron chi connectivity index (χ1n) is 9.42. The van der Waals surface area contributed by atoms with E-state index in [0.29, 0.717) is 22.3 Å². The van der Waals surface area contributed by atoms with Crippen molar-refractivity contribution >= 4 is 32.2 Å². The number of aromatic nitrogens is 2. The molecule has 4 rings (SSSR count). The fraction of sp³-hybridized carbons (Fsp3) is 0.333. The predicted molar refractivity (Wildman–Crippen MR) is 111 cm³/mol. The fourth-order valence-electron chi connectivity index (χ4n) is 4.14. The summed E-state index contributed by atoms with van der Waals surface area (Å²) in [5.41, 5.74) is 5.67. The van der Waals surface area contributed by atoms with Crippen molar-refractivity contribution < 1.29 is 13.6 Å². The average molecular weight is 401 g/mol. The van der Waals surface area contributed by atoms with Crippen molar-refractivity contribution in [3.8, 4) is 11.3 Å². The molecule has 0 amide bonds. The molecule has 1 fully saturated rings. The average Bonchev–Trinajstić information content (AvgIpc) is 3.02. The zero-order valence-electron chi connectivity index (χ0n) is 15.4. The summed E-state index contributed by atoms with van der Waals surface area (Å²) in [7, 11) is 1.53. The number of nitrogens with two attached hydrogens (primary N) is 1. The normalized spacial score (nSPS) is 15.8. The van der Waals surface area contributed by atoms with Gasteiger partial charge in [0.2, 0.25) is 0 Å². The third-order valence-corrected chi connectivity index (χ3v) is 5.84. The van der Waals surface area contributed by atoms with Gasteiger partial charge < -0.3 is 10.3 Å². The summed E-state index contributed by atoms with van der Waals surface area (Å²) < 4.78 is 29.8. The summed E-state index contributed by atoms with van der Waals surface area (Å²) in [6.45, 7) is 0. The predicted octanol–water partition coefficient (Wildman–Crippen LogP) is 5.53. The molecule has 4 nitrogen and oxygen atoms in total. The SMILES string of the molecule is Nc1ccc(-c2c(C=O)c3cc(C(F)(F)P)cnc3n2C2CCCCC2)cc1. The van der Waals surface area contributed by atoms with Gasteiger partial charge in [-0.25, -0.2) is 4.98 Å². The van der Waals surface area contributed by atoms with E-state index in [2.05, 4.69) is 9.55 Å². The highest BCUT2D eigenvalue weighted by Crippen LogP contribution is 2.42. The van der Waals surface area contributed by atoms with Gasteiger partial charge in [-0.3, -0.25) is 4.79 Å². The zero-order valence-corrected chi connectivity index (χ0v) is 16.5. The first-order chi connectivity index (χ1) is 13.4. The molecule has 0 spiro atoms. The molecule has 0 saturated heterocycles. The van der Waals surface area contributed by atoms with Crippen LogP contribution in [0.1, 0.15) is 54.1 Å². The molecule has 1 unspecified atom stereocenters. The number of aldehydes is 1. The Balaban J connectivity index is 2.03. The molecule has 1 saturated carbocycles. The lowest BCUT2D eigenvalue weighted by molar-refractivity contribution is 0.103. The topological polar surface area (TPSA) is 60.9 Å². The van der Waals surface area contributed by atoms with Crippen LogP contribution in [-0.4, -0.2) is 15.8 Å². The summed E-state index contributed by atoms with van der Waals surface area (Å²) in [5, 5.41) is 0.465. The van der Waals surface area contributed by atoms with Gasteiger partial charge in [0, 0.05) is 34.4 Å². The largest absolute Gasteiger partial charge is 0.399 e. The number of rotatable bonds is 4. The molecule has 1 aliphatic rings. The highest BCUT2D eigenvalue weighted by atomic mass is 31.0. The number of halogens is 2. The van der Waals surface area contributed by atoms with Crippen LogP contribution in [0.15, 0.2) is 36.5 Å². The van der Waals surface area contributed by atoms with Gasteiger partial charge in [-0.05, 0) is 36.6 Å². The fourth-order valence-corrected chi connectivity index (χ4v) is 4.30. The van der Waals surface area contributed by atoms with Crippen LogP contribution in [0, 0.1) is 0 Å². The maximum atomic E-state index is 13.9. The molecule has 3 aromatic rings. The third kappa shape index (κ3) is 3.30. The second-order valence-electron chi connectivity index (χ2n) is 7.38. The summed E-state index contributed by atoms with van der Waals surface area (Å²) >= 11 is 0. The number of anilines is 1. The number of carbonyl (C=O) groups excluding carboxylic acids is 1. The van der Waals surface area contributed by atoms with Gasteiger partial charge in [0.15, 0.2) is 6.29 Å². The molecule has 2 heterocycles. The molecule has 1 aliphatic carbocycles. The molecule has 0 aliphatic heterocycles. The van der Waals surface area contributed by atoms with Crippen molar-refractivity contribution in [1.29, 1.82) is 0 Å². The summed E-state index contributed by atoms with van der Waals surface area (Å²) in [4.78, 5) is 16.5. The molecule has 2 aromatic heterocycles. The molecule has 1 aromatic carbocycles. The minimum atomic E-state index is -3.10. The minimum absolute atomic E-state index is 0.187. The van der Waals surface area contributed by atoms with Gasteiger partial charge in [-0.2, -0.15) is 8.78 Å². The molecule has 0 radical (unpaired) electrons. The second-order valence-corrected chi connectivity index (χ2v) is 8.11. The Morgan fingerprint density at radius 3 is 2.46 bits per heavy atom. The molecule has 146 valence electrons. The van der Waals surface area contributed by atoms with Gasteiger partial charge in [0.1, 0.15) is 5.65 Å². The highest BCUT2D eigenvalue weighted by Gasteiger charge is 2.30. The molecule has 28 heavy (non-hydrogen) atoms. The van der Waals surface area contributed by atoms with Crippen LogP contribution in [0.5, 0.6) is 0 Å². The maximum Gasteiger partial charge on any atom is 0.285 e. The second kappa shape index (κ2) is 7.25. The van der Waals surface area contributed by atoms with Gasteiger partial charge in [0.05, 0.1) is 5.69 Å². The van der Waals surface area contributed by atoms with Gasteiger partial charge in [-0.15, -0.1) is 0 Å². The number of hydrogen-bond donors (Lipinski definition) is 1. The Kier molecular flexibility index (Phi) is 4.92. The van der Waals surface area contributed by atoms with E-state index < -0.39 is 5.66 Å². The number of nitrogen functional groups attached to an aromatic ring is 1. The molecule has 2 N–H and O–H groups in total. The van der Waals surface area contributed by atoms with Crippen molar-refractivity contribution in [2.45, 2.75) is 43.8 Å². The van der Waals surface area contributed by atoms with Crippen LogP contribution in [0.3, 0.4) is 0 Å². The van der Waals surface area contributed by atoms with Crippen LogP contribution >= 0.6 is 9.24 Å². The van der Waals surface area contributed by atoms with Crippen molar-refractivity contribution in [2.24, 2.45) is 0 Å². The number of alkyl halides is 2. The third-order valence-electron chi connectivity index (χ3n) is 5.51. The lowest BCUT2D eigenvalue weighted by Gasteiger charge is -2.26. The lowest BCUT2D eigenvalue weighted by atomic mass is 9.94. The van der Waals surface area contributed by atoms with Crippen LogP contribution < -0.4 is 5.73 Å². The van der Waals surface area contributed by atoms with Crippen LogP contribution in [0.4, 0.5) is 14.5 Å². The van der Waals surface area contributed by atoms with Gasteiger partial charge in [0.25, 0.3) is 5.66 Å². The zero-order chi connectivity index (χ0) is 19.9. The lowest BCUT2D eigenvalue weighted by Crippen LogP contribution is -2.14. The van der Waals surface area contributed by atoms with Crippen molar-refractivity contribution in [3.63, 3.8) is 0 Å². The molecular formula is C21H22F2N3OP. The molecule has 0 bridgehead atoms. The van der Waals surface area contributed by atoms with Gasteiger partial charge in [-0.1, -0.05) is 40.6 Å². The van der Waals surface area contributed by atoms with Crippen molar-refractivity contribution in [2.75, 3.05) is 5.73 Å². The molecule has 7 heteroatoms. The first-order valence-corrected chi connectivity index (χ1v) is 10.00. The number of benzene rings is 1. The number of nitrogens with zero attached hydrogens (tertiary/aromatic N) is 2. The maximum absolute atomic E-state index is 13.9. The monoisotopic (exact) mass is 401 g/mol. The molecule has 1 atom stereocenters. The number of carbonyl (C=O) groups is 1. The summed E-state index contributed by atoms with van der Waals surface area (Å²) in [6.07, 6.45) is 7.30. The first kappa shape index (κ1) is 19.0. The van der Waals surface area contributed by atoms with Crippen molar-refractivity contribution in [3.05, 3.63) is 47.7 Å². The Bertz CT molecular complexity index is 1020. The van der Waals surface area contributed by atoms with Gasteiger partial charge >= 0.3 is 0 Å². The van der Waals surface area contributed by atoms with E-state index in [-0.39, 0.29) is 11.6 Å². The van der Waals surface area contributed by atoms with E-state index in [1.807, 2.05) is 12.1 Å². The molecular weight excluding hydrogens is 379 g/mol. The Labute approximate surface area is 164 Å². The quantitative estimate of drug-likeness (QED) is 0.355. The van der Waals surface area contributed by atoms with Crippen LogP contribution in [0.25, 0.3) is 22.3 Å². The van der Waals surface area contributed by atoms with E-state index in [1.54, 1.807) is 12.1 Å². The van der Waals surface area contributed by atoms with E-state index in [4.69, 9.17) is 5.73 Å². The van der Waals surface area contributed by atoms with Crippen molar-refractivity contribution in [1.82, 2.24) is 9.55 Å². The smallest absolute Gasteiger partial charge is 0.285 e. The number of pyridine rings is 1. The van der Waals surface area contributed by atoms with E-state index in [9.17, 15) is 13.6 Å². The van der Waals surface area contributed by atoms with E-state index in [0.717, 1.165) is 43.2 Å². The number of fused-ring (bicyclic) bond motifs is 1. The van der Waals surface area contributed by atoms with E-state index >= 15 is 0 Å². The van der Waals surface area contributed by atoms with Crippen LogP contribution in [0.2, 0.25) is 0 Å². The highest BCUT2D eigenvalue weighted by molar-refractivity contribution is 7.17. The standard InChI is InChI=1S/C21H22F2N3OP/c22-21(23,28)14-10-17-18(12-27)19(13-6-8-15(24)9-7-13)26(20(17)25-11-14)16-4-2-1-3-5-16/h6-12,16H,1-5,24,28H2. The Morgan fingerprint density at radius 2 is 1.86 bits per heavy atom. The Hall–Kier alpha value is -2.33. The van der Waals surface area contributed by atoms with E-state index in [1.165, 1.54) is 27.9 Å². The Morgan fingerprint density at radius 1 is 1.18 bits per heavy atom. The van der Waals surface area contributed by atoms with Crippen LogP contribution in [-0.2, 0) is 5.66 Å². The summed E-state index contributed by atoms with van der Waals surface area (Å²) in [6, 6.07) is 8.86. The minimum Gasteiger partial charge on any atom is -0.399 e. The number of hydrogen-bond acceptors (Lipinski definition) is 3.